The van der Waals surface area contributed by atoms with Gasteiger partial charge in [-0.3, -0.25) is 4.57 Å². The Kier molecular flexibility index (Phi) is 7.57. The zero-order valence-electron chi connectivity index (χ0n) is 16.2. The molecule has 5 nitrogen and oxygen atoms in total. The van der Waals surface area contributed by atoms with Crippen LogP contribution in [0.25, 0.3) is 0 Å². The number of ether oxygens (including phenoxy) is 2. The summed E-state index contributed by atoms with van der Waals surface area (Å²) in [6.45, 7) is 6.66. The van der Waals surface area contributed by atoms with Gasteiger partial charge in [0.2, 0.25) is 5.85 Å². The molecule has 2 rings (SSSR count). The highest BCUT2D eigenvalue weighted by Crippen LogP contribution is 2.52. The molecule has 0 saturated carbocycles. The van der Waals surface area contributed by atoms with Crippen molar-refractivity contribution >= 4 is 7.60 Å². The van der Waals surface area contributed by atoms with Gasteiger partial charge in [0.05, 0.1) is 6.61 Å². The molecule has 0 bridgehead atoms. The molecule has 1 aliphatic heterocycles. The predicted octanol–water partition coefficient (Wildman–Crippen LogP) is 5.28. The Balaban J connectivity index is 2.08. The van der Waals surface area contributed by atoms with Gasteiger partial charge in [-0.05, 0) is 43.0 Å². The van der Waals surface area contributed by atoms with Crippen molar-refractivity contribution in [2.75, 3.05) is 6.61 Å². The maximum absolute atomic E-state index is 12.2. The second-order valence-corrected chi connectivity index (χ2v) is 9.58. The summed E-state index contributed by atoms with van der Waals surface area (Å²) >= 11 is 0. The summed E-state index contributed by atoms with van der Waals surface area (Å²) in [5.74, 6) is 0.192. The smallest absolute Gasteiger partial charge is 0.366 e. The summed E-state index contributed by atoms with van der Waals surface area (Å²) in [6.07, 6.45) is 8.15. The highest BCUT2D eigenvalue weighted by Gasteiger charge is 2.43. The lowest BCUT2D eigenvalue weighted by molar-refractivity contribution is 0.101. The average Bonchev–Trinajstić information content (AvgIpc) is 2.58. The highest BCUT2D eigenvalue weighted by molar-refractivity contribution is 7.52. The predicted molar refractivity (Wildman–Crippen MR) is 104 cm³/mol. The van der Waals surface area contributed by atoms with Crippen molar-refractivity contribution in [1.82, 2.24) is 0 Å². The normalized spacial score (nSPS) is 15.9. The molecule has 0 fully saturated rings. The second-order valence-electron chi connectivity index (χ2n) is 7.93. The first kappa shape index (κ1) is 21.3. The molecule has 0 saturated heterocycles. The fraction of sp³-hybridized carbons (Fsp3) is 0.700. The first-order chi connectivity index (χ1) is 12.2. The average molecular weight is 384 g/mol. The number of fused-ring (bicyclic) bond motifs is 1. The van der Waals surface area contributed by atoms with Crippen LogP contribution in [0.4, 0.5) is 0 Å². The third-order valence-corrected chi connectivity index (χ3v) is 6.44. The van der Waals surface area contributed by atoms with E-state index in [0.29, 0.717) is 12.4 Å². The van der Waals surface area contributed by atoms with Crippen molar-refractivity contribution in [3.63, 3.8) is 0 Å². The Morgan fingerprint density at radius 3 is 2.65 bits per heavy atom. The Hall–Kier alpha value is -1.03. The molecule has 2 N–H and O–H groups in total. The standard InChI is InChI=1S/C20H33O5P/c1-4-5-6-7-8-13-20(2,3)19(26(21,22)23)25-17-11-12-18-16(15-17)10-9-14-24-18/h11-12,15,19H,4-10,13-14H2,1-3H3,(H2,21,22,23). The Bertz CT molecular complexity index is 623. The van der Waals surface area contributed by atoms with Crippen molar-refractivity contribution in [3.8, 4) is 11.5 Å². The zero-order valence-corrected chi connectivity index (χ0v) is 17.1. The van der Waals surface area contributed by atoms with E-state index >= 15 is 0 Å². The van der Waals surface area contributed by atoms with Crippen LogP contribution < -0.4 is 9.47 Å². The fourth-order valence-corrected chi connectivity index (χ4v) is 4.83. The zero-order chi connectivity index (χ0) is 19.2. The minimum absolute atomic E-state index is 0.502. The molecule has 0 spiro atoms. The molecule has 0 radical (unpaired) electrons. The number of benzene rings is 1. The molecular formula is C20H33O5P. The van der Waals surface area contributed by atoms with Gasteiger partial charge in [-0.15, -0.1) is 0 Å². The quantitative estimate of drug-likeness (QED) is 0.424. The van der Waals surface area contributed by atoms with Gasteiger partial charge in [0.25, 0.3) is 0 Å². The van der Waals surface area contributed by atoms with Gasteiger partial charge >= 0.3 is 7.60 Å². The topological polar surface area (TPSA) is 76.0 Å². The molecule has 1 unspecified atom stereocenters. The number of rotatable bonds is 10. The highest BCUT2D eigenvalue weighted by atomic mass is 31.2. The maximum Gasteiger partial charge on any atom is 0.366 e. The SMILES string of the molecule is CCCCCCCC(C)(C)C(Oc1ccc2c(c1)CCCO2)P(=O)(O)O. The van der Waals surface area contributed by atoms with Crippen molar-refractivity contribution in [3.05, 3.63) is 23.8 Å². The number of unbranched alkanes of at least 4 members (excludes halogenated alkanes) is 4. The molecule has 1 atom stereocenters. The third kappa shape index (κ3) is 6.00. The monoisotopic (exact) mass is 384 g/mol. The van der Waals surface area contributed by atoms with E-state index in [1.165, 1.54) is 19.3 Å². The summed E-state index contributed by atoms with van der Waals surface area (Å²) < 4.78 is 23.6. The molecule has 0 aromatic heterocycles. The fourth-order valence-electron chi connectivity index (χ4n) is 3.53. The van der Waals surface area contributed by atoms with Gasteiger partial charge in [-0.25, -0.2) is 0 Å². The first-order valence-electron chi connectivity index (χ1n) is 9.71. The Labute approximate surface area is 157 Å². The van der Waals surface area contributed by atoms with Gasteiger partial charge in [-0.2, -0.15) is 0 Å². The summed E-state index contributed by atoms with van der Waals surface area (Å²) in [6, 6.07) is 5.43. The van der Waals surface area contributed by atoms with Gasteiger partial charge < -0.3 is 19.3 Å². The Morgan fingerprint density at radius 2 is 1.96 bits per heavy atom. The molecule has 148 valence electrons. The molecule has 26 heavy (non-hydrogen) atoms. The minimum Gasteiger partial charge on any atom is -0.493 e. The van der Waals surface area contributed by atoms with Crippen LogP contribution in [0.3, 0.4) is 0 Å². The van der Waals surface area contributed by atoms with Crippen molar-refractivity contribution in [1.29, 1.82) is 0 Å². The molecule has 1 heterocycles. The van der Waals surface area contributed by atoms with Crippen LogP contribution in [0.1, 0.15) is 71.3 Å². The molecular weight excluding hydrogens is 351 g/mol. The van der Waals surface area contributed by atoms with E-state index in [-0.39, 0.29) is 0 Å². The first-order valence-corrected chi connectivity index (χ1v) is 11.4. The largest absolute Gasteiger partial charge is 0.493 e. The van der Waals surface area contributed by atoms with Gasteiger partial charge in [0.1, 0.15) is 11.5 Å². The van der Waals surface area contributed by atoms with Crippen LogP contribution in [0.5, 0.6) is 11.5 Å². The van der Waals surface area contributed by atoms with Crippen LogP contribution in [0, 0.1) is 5.41 Å². The number of hydrogen-bond donors (Lipinski definition) is 2. The summed E-state index contributed by atoms with van der Waals surface area (Å²) in [4.78, 5) is 19.8. The lowest BCUT2D eigenvalue weighted by Crippen LogP contribution is -2.34. The van der Waals surface area contributed by atoms with E-state index in [1.807, 2.05) is 26.0 Å². The van der Waals surface area contributed by atoms with Crippen molar-refractivity contribution < 1.29 is 23.8 Å². The molecule has 0 aliphatic carbocycles. The molecule has 1 aromatic rings. The summed E-state index contributed by atoms with van der Waals surface area (Å²) in [7, 11) is -4.41. The van der Waals surface area contributed by atoms with E-state index in [9.17, 15) is 14.4 Å². The lowest BCUT2D eigenvalue weighted by Gasteiger charge is -2.35. The van der Waals surface area contributed by atoms with Crippen LogP contribution in [0.15, 0.2) is 18.2 Å². The summed E-state index contributed by atoms with van der Waals surface area (Å²) in [5.41, 5.74) is 0.424. The third-order valence-electron chi connectivity index (χ3n) is 5.03. The van der Waals surface area contributed by atoms with Crippen LogP contribution in [-0.2, 0) is 11.0 Å². The van der Waals surface area contributed by atoms with Crippen LogP contribution in [0.2, 0.25) is 0 Å². The number of aryl methyl sites for hydroxylation is 1. The molecule has 0 amide bonds. The second kappa shape index (κ2) is 9.25. The van der Waals surface area contributed by atoms with Gasteiger partial charge in [0.15, 0.2) is 0 Å². The van der Waals surface area contributed by atoms with Crippen molar-refractivity contribution in [2.24, 2.45) is 5.41 Å². The van der Waals surface area contributed by atoms with E-state index in [2.05, 4.69) is 6.92 Å². The summed E-state index contributed by atoms with van der Waals surface area (Å²) in [5, 5.41) is 0. The minimum atomic E-state index is -4.41. The molecule has 1 aliphatic rings. The number of hydrogen-bond acceptors (Lipinski definition) is 3. The van der Waals surface area contributed by atoms with Crippen molar-refractivity contribution in [2.45, 2.75) is 78.0 Å². The molecule has 6 heteroatoms. The van der Waals surface area contributed by atoms with Crippen LogP contribution in [-0.4, -0.2) is 22.2 Å². The van der Waals surface area contributed by atoms with Gasteiger partial charge in [-0.1, -0.05) is 52.9 Å². The van der Waals surface area contributed by atoms with E-state index in [4.69, 9.17) is 9.47 Å². The Morgan fingerprint density at radius 1 is 1.23 bits per heavy atom. The van der Waals surface area contributed by atoms with Crippen LogP contribution >= 0.6 is 7.60 Å². The van der Waals surface area contributed by atoms with E-state index in [0.717, 1.165) is 43.4 Å². The van der Waals surface area contributed by atoms with E-state index in [1.54, 1.807) is 6.07 Å². The van der Waals surface area contributed by atoms with Gasteiger partial charge in [0, 0.05) is 5.41 Å². The van der Waals surface area contributed by atoms with E-state index < -0.39 is 18.9 Å². The maximum atomic E-state index is 12.2. The lowest BCUT2D eigenvalue weighted by atomic mass is 9.87. The molecule has 1 aromatic carbocycles.